The molecule has 3 nitrogen and oxygen atoms in total. The fourth-order valence-corrected chi connectivity index (χ4v) is 1.95. The number of carbonyl (C=O) groups is 1. The van der Waals surface area contributed by atoms with Gasteiger partial charge in [-0.2, -0.15) is 0 Å². The summed E-state index contributed by atoms with van der Waals surface area (Å²) in [6.07, 6.45) is 3.75. The van der Waals surface area contributed by atoms with Crippen LogP contribution in [0.25, 0.3) is 0 Å². The lowest BCUT2D eigenvalue weighted by molar-refractivity contribution is 0.0791. The highest BCUT2D eigenvalue weighted by Crippen LogP contribution is 2.21. The average Bonchev–Trinajstić information content (AvgIpc) is 2.72. The van der Waals surface area contributed by atoms with E-state index in [0.29, 0.717) is 10.2 Å². The molecule has 1 amide bonds. The summed E-state index contributed by atoms with van der Waals surface area (Å²) in [6.45, 7) is 1.74. The Bertz CT molecular complexity index is 315. The second kappa shape index (κ2) is 3.54. The molecule has 1 aromatic rings. The van der Waals surface area contributed by atoms with Gasteiger partial charge in [-0.25, -0.2) is 0 Å². The molecule has 1 aliphatic heterocycles. The van der Waals surface area contributed by atoms with Crippen molar-refractivity contribution in [3.05, 3.63) is 22.6 Å². The fraction of sp³-hybridized carbons (Fsp3) is 0.444. The molecule has 0 atom stereocenters. The highest BCUT2D eigenvalue weighted by Gasteiger charge is 2.22. The third-order valence-corrected chi connectivity index (χ3v) is 2.86. The Balaban J connectivity index is 2.17. The summed E-state index contributed by atoms with van der Waals surface area (Å²) in [5.74, 6) is 0.0677. The molecule has 1 saturated heterocycles. The molecule has 0 aromatic carbocycles. The minimum absolute atomic E-state index is 0.0677. The monoisotopic (exact) mass is 243 g/mol. The van der Waals surface area contributed by atoms with Gasteiger partial charge in [0.2, 0.25) is 0 Å². The van der Waals surface area contributed by atoms with Gasteiger partial charge in [-0.3, -0.25) is 4.79 Å². The van der Waals surface area contributed by atoms with Crippen LogP contribution in [0.3, 0.4) is 0 Å². The molecule has 4 heteroatoms. The molecular formula is C9H10BrNO2. The van der Waals surface area contributed by atoms with Crippen LogP contribution in [0.5, 0.6) is 0 Å². The molecule has 13 heavy (non-hydrogen) atoms. The fourth-order valence-electron chi connectivity index (χ4n) is 1.54. The van der Waals surface area contributed by atoms with Crippen LogP contribution in [-0.4, -0.2) is 23.9 Å². The van der Waals surface area contributed by atoms with E-state index < -0.39 is 0 Å². The van der Waals surface area contributed by atoms with Gasteiger partial charge >= 0.3 is 0 Å². The molecule has 0 radical (unpaired) electrons. The van der Waals surface area contributed by atoms with Crippen molar-refractivity contribution in [3.63, 3.8) is 0 Å². The Labute approximate surface area is 84.8 Å². The smallest absolute Gasteiger partial charge is 0.258 e. The van der Waals surface area contributed by atoms with Gasteiger partial charge in [-0.15, -0.1) is 0 Å². The highest BCUT2D eigenvalue weighted by atomic mass is 79.9. The summed E-state index contributed by atoms with van der Waals surface area (Å²) < 4.78 is 5.55. The number of likely N-dealkylation sites (tertiary alicyclic amines) is 1. The minimum atomic E-state index is 0.0677. The number of rotatable bonds is 1. The Morgan fingerprint density at radius 1 is 1.46 bits per heavy atom. The predicted molar refractivity (Wildman–Crippen MR) is 51.5 cm³/mol. The summed E-state index contributed by atoms with van der Waals surface area (Å²) in [5, 5.41) is 0. The molecular weight excluding hydrogens is 234 g/mol. The van der Waals surface area contributed by atoms with E-state index in [0.717, 1.165) is 25.9 Å². The van der Waals surface area contributed by atoms with Crippen LogP contribution in [-0.2, 0) is 0 Å². The maximum Gasteiger partial charge on any atom is 0.258 e. The van der Waals surface area contributed by atoms with Crippen LogP contribution in [0.15, 0.2) is 21.4 Å². The molecule has 0 aliphatic carbocycles. The van der Waals surface area contributed by atoms with E-state index in [4.69, 9.17) is 4.42 Å². The predicted octanol–water partition coefficient (Wildman–Crippen LogP) is 2.28. The number of halogens is 1. The third kappa shape index (κ3) is 1.63. The first-order valence-corrected chi connectivity index (χ1v) is 5.10. The molecule has 1 aliphatic rings. The van der Waals surface area contributed by atoms with E-state index in [1.54, 1.807) is 6.07 Å². The van der Waals surface area contributed by atoms with Crippen molar-refractivity contribution in [2.24, 2.45) is 0 Å². The molecule has 0 N–H and O–H groups in total. The number of furan rings is 1. The van der Waals surface area contributed by atoms with Crippen molar-refractivity contribution in [1.82, 2.24) is 4.90 Å². The van der Waals surface area contributed by atoms with Crippen LogP contribution in [0.1, 0.15) is 23.2 Å². The Morgan fingerprint density at radius 3 is 2.69 bits per heavy atom. The van der Waals surface area contributed by atoms with E-state index in [1.165, 1.54) is 6.26 Å². The standard InChI is InChI=1S/C9H10BrNO2/c10-8-7(3-6-13-8)9(12)11-4-1-2-5-11/h3,6H,1-2,4-5H2. The van der Waals surface area contributed by atoms with E-state index in [-0.39, 0.29) is 5.91 Å². The van der Waals surface area contributed by atoms with Crippen molar-refractivity contribution in [2.75, 3.05) is 13.1 Å². The van der Waals surface area contributed by atoms with Crippen molar-refractivity contribution >= 4 is 21.8 Å². The highest BCUT2D eigenvalue weighted by molar-refractivity contribution is 9.10. The molecule has 70 valence electrons. The van der Waals surface area contributed by atoms with E-state index in [2.05, 4.69) is 15.9 Å². The van der Waals surface area contributed by atoms with Gasteiger partial charge < -0.3 is 9.32 Å². The molecule has 2 heterocycles. The number of carbonyl (C=O) groups excluding carboxylic acids is 1. The van der Waals surface area contributed by atoms with Crippen LogP contribution in [0.2, 0.25) is 0 Å². The molecule has 1 fully saturated rings. The lowest BCUT2D eigenvalue weighted by atomic mass is 10.3. The first kappa shape index (κ1) is 8.81. The summed E-state index contributed by atoms with van der Waals surface area (Å²) >= 11 is 3.20. The zero-order chi connectivity index (χ0) is 9.26. The van der Waals surface area contributed by atoms with Gasteiger partial charge in [-0.05, 0) is 34.8 Å². The number of nitrogens with zero attached hydrogens (tertiary/aromatic N) is 1. The first-order chi connectivity index (χ1) is 6.29. The van der Waals surface area contributed by atoms with Crippen molar-refractivity contribution in [1.29, 1.82) is 0 Å². The van der Waals surface area contributed by atoms with Gasteiger partial charge in [0.25, 0.3) is 5.91 Å². The average molecular weight is 244 g/mol. The molecule has 2 rings (SSSR count). The largest absolute Gasteiger partial charge is 0.457 e. The molecule has 0 bridgehead atoms. The Hall–Kier alpha value is -0.770. The van der Waals surface area contributed by atoms with Crippen LogP contribution in [0.4, 0.5) is 0 Å². The second-order valence-electron chi connectivity index (χ2n) is 3.11. The van der Waals surface area contributed by atoms with E-state index in [1.807, 2.05) is 4.90 Å². The molecule has 1 aromatic heterocycles. The summed E-state index contributed by atoms with van der Waals surface area (Å²) in [6, 6.07) is 1.70. The van der Waals surface area contributed by atoms with Crippen molar-refractivity contribution < 1.29 is 9.21 Å². The lowest BCUT2D eigenvalue weighted by Gasteiger charge is -2.13. The number of amides is 1. The van der Waals surface area contributed by atoms with Gasteiger partial charge in [0, 0.05) is 13.1 Å². The zero-order valence-corrected chi connectivity index (χ0v) is 8.71. The van der Waals surface area contributed by atoms with Crippen molar-refractivity contribution in [2.45, 2.75) is 12.8 Å². The number of hydrogen-bond donors (Lipinski definition) is 0. The quantitative estimate of drug-likeness (QED) is 0.759. The van der Waals surface area contributed by atoms with Crippen LogP contribution < -0.4 is 0 Å². The summed E-state index contributed by atoms with van der Waals surface area (Å²) in [5.41, 5.74) is 0.627. The maximum atomic E-state index is 11.8. The number of hydrogen-bond acceptors (Lipinski definition) is 2. The molecule has 0 saturated carbocycles. The Kier molecular flexibility index (Phi) is 2.40. The van der Waals surface area contributed by atoms with Gasteiger partial charge in [0.1, 0.15) is 0 Å². The molecule has 0 unspecified atom stereocenters. The second-order valence-corrected chi connectivity index (χ2v) is 3.83. The maximum absolute atomic E-state index is 11.8. The zero-order valence-electron chi connectivity index (χ0n) is 7.12. The topological polar surface area (TPSA) is 33.5 Å². The van der Waals surface area contributed by atoms with Gasteiger partial charge in [0.15, 0.2) is 4.67 Å². The summed E-state index contributed by atoms with van der Waals surface area (Å²) in [4.78, 5) is 13.6. The summed E-state index contributed by atoms with van der Waals surface area (Å²) in [7, 11) is 0. The molecule has 0 spiro atoms. The van der Waals surface area contributed by atoms with Crippen LogP contribution >= 0.6 is 15.9 Å². The lowest BCUT2D eigenvalue weighted by Crippen LogP contribution is -2.27. The van der Waals surface area contributed by atoms with Gasteiger partial charge in [0.05, 0.1) is 11.8 Å². The SMILES string of the molecule is O=C(c1ccoc1Br)N1CCCC1. The first-order valence-electron chi connectivity index (χ1n) is 4.31. The minimum Gasteiger partial charge on any atom is -0.457 e. The third-order valence-electron chi connectivity index (χ3n) is 2.24. The van der Waals surface area contributed by atoms with Crippen molar-refractivity contribution in [3.8, 4) is 0 Å². The normalized spacial score (nSPS) is 16.5. The van der Waals surface area contributed by atoms with Crippen LogP contribution in [0, 0.1) is 0 Å². The van der Waals surface area contributed by atoms with E-state index in [9.17, 15) is 4.79 Å². The Morgan fingerprint density at radius 2 is 2.15 bits per heavy atom. The van der Waals surface area contributed by atoms with Gasteiger partial charge in [-0.1, -0.05) is 0 Å². The van der Waals surface area contributed by atoms with E-state index >= 15 is 0 Å².